The number of carbonyl (C=O) groups excluding carboxylic acids is 1. The first-order valence-corrected chi connectivity index (χ1v) is 2.75. The fourth-order valence-corrected chi connectivity index (χ4v) is 0.603. The van der Waals surface area contributed by atoms with Crippen molar-refractivity contribution < 1.29 is 9.21 Å². The van der Waals surface area contributed by atoms with Crippen molar-refractivity contribution in [3.8, 4) is 0 Å². The first-order valence-electron chi connectivity index (χ1n) is 2.75. The van der Waals surface area contributed by atoms with E-state index in [0.717, 1.165) is 5.01 Å². The van der Waals surface area contributed by atoms with Gasteiger partial charge in [-0.2, -0.15) is 0 Å². The summed E-state index contributed by atoms with van der Waals surface area (Å²) in [4.78, 5) is 9.87. The highest BCUT2D eigenvalue weighted by atomic mass is 16.3. The van der Waals surface area contributed by atoms with E-state index in [-0.39, 0.29) is 6.54 Å². The van der Waals surface area contributed by atoms with Crippen molar-refractivity contribution in [2.75, 3.05) is 0 Å². The van der Waals surface area contributed by atoms with Gasteiger partial charge in [-0.15, -0.1) is 0 Å². The van der Waals surface area contributed by atoms with Crippen molar-refractivity contribution in [1.82, 2.24) is 5.01 Å². The van der Waals surface area contributed by atoms with Crippen LogP contribution in [0.1, 0.15) is 5.76 Å². The summed E-state index contributed by atoms with van der Waals surface area (Å²) in [6.07, 6.45) is 3.03. The molecule has 10 heavy (non-hydrogen) atoms. The Balaban J connectivity index is 2.47. The van der Waals surface area contributed by atoms with Gasteiger partial charge in [0.15, 0.2) is 0 Å². The summed E-state index contributed by atoms with van der Waals surface area (Å²) >= 11 is 0. The molecular weight excluding hydrogens is 132 g/mol. The summed E-state index contributed by atoms with van der Waals surface area (Å²) in [5.41, 5.74) is 0. The number of amides is 1. The van der Waals surface area contributed by atoms with Crippen LogP contribution < -0.4 is 5.84 Å². The molecule has 1 heterocycles. The second-order valence-electron chi connectivity index (χ2n) is 1.80. The van der Waals surface area contributed by atoms with Crippen LogP contribution in [0.4, 0.5) is 0 Å². The molecule has 4 heteroatoms. The van der Waals surface area contributed by atoms with E-state index in [1.165, 1.54) is 12.7 Å². The van der Waals surface area contributed by atoms with Gasteiger partial charge in [0, 0.05) is 0 Å². The highest BCUT2D eigenvalue weighted by molar-refractivity contribution is 5.46. The second-order valence-corrected chi connectivity index (χ2v) is 1.80. The Labute approximate surface area is 58.2 Å². The highest BCUT2D eigenvalue weighted by Gasteiger charge is 1.99. The van der Waals surface area contributed by atoms with Gasteiger partial charge < -0.3 is 4.42 Å². The molecule has 1 aromatic heterocycles. The Morgan fingerprint density at radius 3 is 3.10 bits per heavy atom. The number of rotatable bonds is 3. The van der Waals surface area contributed by atoms with E-state index in [4.69, 9.17) is 10.3 Å². The van der Waals surface area contributed by atoms with Gasteiger partial charge in [-0.05, 0) is 12.1 Å². The standard InChI is InChI=1S/C6H7N2O2/c7-8(5-9)4-6-2-1-3-10-6/h1-3H,4,7H2. The Morgan fingerprint density at radius 1 is 1.80 bits per heavy atom. The predicted molar refractivity (Wildman–Crippen MR) is 34.1 cm³/mol. The summed E-state index contributed by atoms with van der Waals surface area (Å²) < 4.78 is 4.91. The van der Waals surface area contributed by atoms with Gasteiger partial charge in [0.25, 0.3) is 0 Å². The minimum atomic E-state index is 0.260. The molecule has 0 bridgehead atoms. The Kier molecular flexibility index (Phi) is 2.07. The van der Waals surface area contributed by atoms with E-state index in [2.05, 4.69) is 0 Å². The van der Waals surface area contributed by atoms with Crippen molar-refractivity contribution in [3.05, 3.63) is 24.2 Å². The first-order chi connectivity index (χ1) is 4.83. The van der Waals surface area contributed by atoms with Gasteiger partial charge in [-0.1, -0.05) is 0 Å². The molecule has 53 valence electrons. The number of hydrazine groups is 1. The van der Waals surface area contributed by atoms with Gasteiger partial charge >= 0.3 is 6.41 Å². The third-order valence-corrected chi connectivity index (χ3v) is 1.02. The van der Waals surface area contributed by atoms with Gasteiger partial charge in [0.1, 0.15) is 5.76 Å². The van der Waals surface area contributed by atoms with Crippen LogP contribution >= 0.6 is 0 Å². The summed E-state index contributed by atoms with van der Waals surface area (Å²) in [6.45, 7) is 0.260. The Morgan fingerprint density at radius 2 is 2.60 bits per heavy atom. The lowest BCUT2D eigenvalue weighted by Crippen LogP contribution is -2.28. The molecule has 0 fully saturated rings. The summed E-state index contributed by atoms with van der Waals surface area (Å²) in [7, 11) is 0. The van der Waals surface area contributed by atoms with E-state index in [1.54, 1.807) is 12.1 Å². The van der Waals surface area contributed by atoms with E-state index in [1.807, 2.05) is 0 Å². The molecule has 0 atom stereocenters. The molecule has 0 unspecified atom stereocenters. The molecule has 0 aliphatic rings. The monoisotopic (exact) mass is 139 g/mol. The number of furan rings is 1. The lowest BCUT2D eigenvalue weighted by atomic mass is 10.4. The molecular formula is C6H7N2O2. The van der Waals surface area contributed by atoms with Crippen molar-refractivity contribution >= 4 is 6.41 Å². The molecule has 0 saturated carbocycles. The first kappa shape index (κ1) is 6.82. The minimum Gasteiger partial charge on any atom is -0.467 e. The number of nitrogens with zero attached hydrogens (tertiary/aromatic N) is 1. The quantitative estimate of drug-likeness (QED) is 0.278. The normalized spacial score (nSPS) is 9.30. The van der Waals surface area contributed by atoms with Crippen molar-refractivity contribution in [2.45, 2.75) is 6.54 Å². The molecule has 1 rings (SSSR count). The smallest absolute Gasteiger partial charge is 0.327 e. The fourth-order valence-electron chi connectivity index (χ4n) is 0.603. The summed E-state index contributed by atoms with van der Waals surface area (Å²) in [6, 6.07) is 3.46. The van der Waals surface area contributed by atoms with Crippen LogP contribution in [-0.2, 0) is 11.3 Å². The second kappa shape index (κ2) is 3.03. The third-order valence-electron chi connectivity index (χ3n) is 1.02. The van der Waals surface area contributed by atoms with E-state index < -0.39 is 0 Å². The molecule has 0 spiro atoms. The zero-order valence-electron chi connectivity index (χ0n) is 5.28. The number of hydrogen-bond donors (Lipinski definition) is 1. The van der Waals surface area contributed by atoms with Crippen LogP contribution in [0.15, 0.2) is 22.8 Å². The number of nitrogens with two attached hydrogens (primary N) is 1. The fraction of sp³-hybridized carbons (Fsp3) is 0.167. The van der Waals surface area contributed by atoms with E-state index in [0.29, 0.717) is 5.76 Å². The Hall–Kier alpha value is -1.29. The predicted octanol–water partition coefficient (Wildman–Crippen LogP) is 0.0225. The average molecular weight is 139 g/mol. The average Bonchev–Trinajstić information content (AvgIpc) is 2.40. The zero-order chi connectivity index (χ0) is 7.40. The van der Waals surface area contributed by atoms with Crippen LogP contribution in [0.2, 0.25) is 0 Å². The van der Waals surface area contributed by atoms with Gasteiger partial charge in [-0.25, -0.2) is 5.84 Å². The van der Waals surface area contributed by atoms with E-state index in [9.17, 15) is 4.79 Å². The Bertz CT molecular complexity index is 196. The molecule has 0 aliphatic heterocycles. The van der Waals surface area contributed by atoms with Crippen molar-refractivity contribution in [2.24, 2.45) is 5.84 Å². The molecule has 1 aromatic rings. The van der Waals surface area contributed by atoms with Gasteiger partial charge in [-0.3, -0.25) is 9.80 Å². The molecule has 2 N–H and O–H groups in total. The maximum atomic E-state index is 9.87. The maximum absolute atomic E-state index is 9.87. The van der Waals surface area contributed by atoms with Gasteiger partial charge in [0.05, 0.1) is 12.8 Å². The highest BCUT2D eigenvalue weighted by Crippen LogP contribution is 2.00. The molecule has 0 saturated heterocycles. The van der Waals surface area contributed by atoms with Crippen LogP contribution in [0, 0.1) is 0 Å². The van der Waals surface area contributed by atoms with Crippen LogP contribution in [-0.4, -0.2) is 11.4 Å². The summed E-state index contributed by atoms with van der Waals surface area (Å²) in [5.74, 6) is 5.76. The lowest BCUT2D eigenvalue weighted by Gasteiger charge is -2.04. The number of hydrogen-bond acceptors (Lipinski definition) is 3. The van der Waals surface area contributed by atoms with E-state index >= 15 is 0 Å². The zero-order valence-corrected chi connectivity index (χ0v) is 5.28. The van der Waals surface area contributed by atoms with Crippen molar-refractivity contribution in [1.29, 1.82) is 0 Å². The van der Waals surface area contributed by atoms with Gasteiger partial charge in [0.2, 0.25) is 0 Å². The summed E-state index contributed by atoms with van der Waals surface area (Å²) in [5, 5.41) is 0.888. The lowest BCUT2D eigenvalue weighted by molar-refractivity contribution is 0.348. The van der Waals surface area contributed by atoms with Crippen molar-refractivity contribution in [3.63, 3.8) is 0 Å². The molecule has 0 aromatic carbocycles. The molecule has 4 nitrogen and oxygen atoms in total. The minimum absolute atomic E-state index is 0.260. The molecule has 1 amide bonds. The SMILES string of the molecule is NN([C]=O)Cc1ccco1. The maximum Gasteiger partial charge on any atom is 0.327 e. The largest absolute Gasteiger partial charge is 0.467 e. The van der Waals surface area contributed by atoms with Crippen LogP contribution in [0.3, 0.4) is 0 Å². The van der Waals surface area contributed by atoms with Crippen LogP contribution in [0.5, 0.6) is 0 Å². The third kappa shape index (κ3) is 1.60. The molecule has 0 aliphatic carbocycles. The molecule has 1 radical (unpaired) electrons. The van der Waals surface area contributed by atoms with Crippen LogP contribution in [0.25, 0.3) is 0 Å². The topological polar surface area (TPSA) is 59.5 Å².